The normalized spacial score (nSPS) is 33.3. The maximum Gasteiger partial charge on any atom is 0.129 e. The quantitative estimate of drug-likeness (QED) is 0.724. The van der Waals surface area contributed by atoms with Crippen LogP contribution < -0.4 is 0 Å². The number of piperidine rings is 1. The Morgan fingerprint density at radius 2 is 1.81 bits per heavy atom. The summed E-state index contributed by atoms with van der Waals surface area (Å²) < 4.78 is 5.56. The Morgan fingerprint density at radius 1 is 1.05 bits per heavy atom. The van der Waals surface area contributed by atoms with Crippen LogP contribution in [0.2, 0.25) is 0 Å². The molecule has 3 heterocycles. The van der Waals surface area contributed by atoms with E-state index in [-0.39, 0.29) is 5.41 Å². The van der Waals surface area contributed by atoms with Crippen molar-refractivity contribution in [3.8, 4) is 0 Å². The molecule has 0 bridgehead atoms. The van der Waals surface area contributed by atoms with Gasteiger partial charge in [-0.3, -0.25) is 0 Å². The summed E-state index contributed by atoms with van der Waals surface area (Å²) >= 11 is 0. The van der Waals surface area contributed by atoms with Crippen molar-refractivity contribution < 1.29 is 9.53 Å². The molecule has 4 nitrogen and oxygen atoms in total. The first kappa shape index (κ1) is 15.4. The summed E-state index contributed by atoms with van der Waals surface area (Å²) in [6.45, 7) is 8.61. The molecule has 3 rings (SSSR count). The lowest BCUT2D eigenvalue weighted by Gasteiger charge is -2.40. The summed E-state index contributed by atoms with van der Waals surface area (Å²) in [5, 5.41) is 0. The van der Waals surface area contributed by atoms with Crippen molar-refractivity contribution >= 4 is 6.29 Å². The number of likely N-dealkylation sites (tertiary alicyclic amines) is 2. The van der Waals surface area contributed by atoms with Crippen LogP contribution in [-0.4, -0.2) is 68.6 Å². The number of aldehydes is 1. The number of hydrogen-bond acceptors (Lipinski definition) is 4. The second kappa shape index (κ2) is 7.21. The highest BCUT2D eigenvalue weighted by Gasteiger charge is 2.35. The standard InChI is InChI=1S/C17H30N2O2/c20-14-17(6-3-11-21-15-17)13-19-9-4-16(5-10-19)12-18-7-1-2-8-18/h14,16H,1-13,15H2. The van der Waals surface area contributed by atoms with Gasteiger partial charge in [0.1, 0.15) is 6.29 Å². The summed E-state index contributed by atoms with van der Waals surface area (Å²) in [6, 6.07) is 0. The van der Waals surface area contributed by atoms with E-state index in [0.29, 0.717) is 6.61 Å². The van der Waals surface area contributed by atoms with Crippen molar-refractivity contribution in [3.05, 3.63) is 0 Å². The second-order valence-corrected chi connectivity index (χ2v) is 7.36. The van der Waals surface area contributed by atoms with Gasteiger partial charge in [0.05, 0.1) is 12.0 Å². The topological polar surface area (TPSA) is 32.8 Å². The molecule has 3 aliphatic rings. The summed E-state index contributed by atoms with van der Waals surface area (Å²) in [5.41, 5.74) is -0.222. The fourth-order valence-corrected chi connectivity index (χ4v) is 4.23. The molecule has 0 aromatic carbocycles. The summed E-state index contributed by atoms with van der Waals surface area (Å²) in [6.07, 6.45) is 8.58. The Kier molecular flexibility index (Phi) is 5.30. The maximum absolute atomic E-state index is 11.5. The summed E-state index contributed by atoms with van der Waals surface area (Å²) in [4.78, 5) is 16.7. The van der Waals surface area contributed by atoms with E-state index in [2.05, 4.69) is 9.80 Å². The van der Waals surface area contributed by atoms with Crippen molar-refractivity contribution in [1.82, 2.24) is 9.80 Å². The Bertz CT molecular complexity index is 328. The average molecular weight is 294 g/mol. The third-order valence-corrected chi connectivity index (χ3v) is 5.56. The van der Waals surface area contributed by atoms with Crippen LogP contribution in [0, 0.1) is 11.3 Å². The average Bonchev–Trinajstić information content (AvgIpc) is 3.03. The van der Waals surface area contributed by atoms with Gasteiger partial charge in [0.25, 0.3) is 0 Å². The number of carbonyl (C=O) groups is 1. The van der Waals surface area contributed by atoms with Gasteiger partial charge in [-0.2, -0.15) is 0 Å². The lowest BCUT2D eigenvalue weighted by atomic mass is 9.82. The van der Waals surface area contributed by atoms with Crippen molar-refractivity contribution in [2.24, 2.45) is 11.3 Å². The number of rotatable bonds is 5. The van der Waals surface area contributed by atoms with Crippen LogP contribution in [-0.2, 0) is 9.53 Å². The highest BCUT2D eigenvalue weighted by atomic mass is 16.5. The van der Waals surface area contributed by atoms with E-state index in [0.717, 1.165) is 45.0 Å². The lowest BCUT2D eigenvalue weighted by Crippen LogP contribution is -2.47. The maximum atomic E-state index is 11.5. The molecule has 3 saturated heterocycles. The molecule has 0 amide bonds. The first-order valence-corrected chi connectivity index (χ1v) is 8.78. The Labute approximate surface area is 128 Å². The molecule has 21 heavy (non-hydrogen) atoms. The van der Waals surface area contributed by atoms with E-state index in [4.69, 9.17) is 4.74 Å². The zero-order chi connectivity index (χ0) is 14.5. The lowest BCUT2D eigenvalue weighted by molar-refractivity contribution is -0.126. The van der Waals surface area contributed by atoms with Gasteiger partial charge in [-0.1, -0.05) is 0 Å². The number of ether oxygens (including phenoxy) is 1. The zero-order valence-electron chi connectivity index (χ0n) is 13.3. The largest absolute Gasteiger partial charge is 0.380 e. The molecular weight excluding hydrogens is 264 g/mol. The van der Waals surface area contributed by atoms with Crippen LogP contribution in [0.5, 0.6) is 0 Å². The molecule has 4 heteroatoms. The van der Waals surface area contributed by atoms with Gasteiger partial charge in [0.15, 0.2) is 0 Å². The Hall–Kier alpha value is -0.450. The van der Waals surface area contributed by atoms with Crippen LogP contribution in [0.25, 0.3) is 0 Å². The van der Waals surface area contributed by atoms with Crippen LogP contribution in [0.15, 0.2) is 0 Å². The minimum absolute atomic E-state index is 0.222. The van der Waals surface area contributed by atoms with E-state index in [9.17, 15) is 4.79 Å². The zero-order valence-corrected chi connectivity index (χ0v) is 13.3. The van der Waals surface area contributed by atoms with Gasteiger partial charge >= 0.3 is 0 Å². The van der Waals surface area contributed by atoms with E-state index in [1.807, 2.05) is 0 Å². The minimum atomic E-state index is -0.222. The van der Waals surface area contributed by atoms with Crippen molar-refractivity contribution in [2.75, 3.05) is 52.5 Å². The molecular formula is C17H30N2O2. The third-order valence-electron chi connectivity index (χ3n) is 5.56. The Morgan fingerprint density at radius 3 is 2.43 bits per heavy atom. The number of hydrogen-bond donors (Lipinski definition) is 0. The first-order chi connectivity index (χ1) is 10.3. The van der Waals surface area contributed by atoms with Crippen LogP contribution >= 0.6 is 0 Å². The predicted octanol–water partition coefficient (Wildman–Crippen LogP) is 1.79. The molecule has 3 aliphatic heterocycles. The summed E-state index contributed by atoms with van der Waals surface area (Å²) in [7, 11) is 0. The van der Waals surface area contributed by atoms with E-state index in [1.54, 1.807) is 0 Å². The molecule has 1 atom stereocenters. The van der Waals surface area contributed by atoms with E-state index < -0.39 is 0 Å². The van der Waals surface area contributed by atoms with Crippen molar-refractivity contribution in [1.29, 1.82) is 0 Å². The van der Waals surface area contributed by atoms with E-state index >= 15 is 0 Å². The number of carbonyl (C=O) groups excluding carboxylic acids is 1. The monoisotopic (exact) mass is 294 g/mol. The van der Waals surface area contributed by atoms with Gasteiger partial charge in [0, 0.05) is 19.7 Å². The fourth-order valence-electron chi connectivity index (χ4n) is 4.23. The van der Waals surface area contributed by atoms with Gasteiger partial charge in [-0.05, 0) is 70.6 Å². The fraction of sp³-hybridized carbons (Fsp3) is 0.941. The van der Waals surface area contributed by atoms with Crippen LogP contribution in [0.4, 0.5) is 0 Å². The SMILES string of the molecule is O=CC1(CN2CCC(CN3CCCC3)CC2)CCCOC1. The summed E-state index contributed by atoms with van der Waals surface area (Å²) in [5.74, 6) is 0.870. The number of nitrogens with zero attached hydrogens (tertiary/aromatic N) is 2. The molecule has 0 aromatic rings. The van der Waals surface area contributed by atoms with Crippen LogP contribution in [0.3, 0.4) is 0 Å². The van der Waals surface area contributed by atoms with Crippen molar-refractivity contribution in [3.63, 3.8) is 0 Å². The minimum Gasteiger partial charge on any atom is -0.380 e. The van der Waals surface area contributed by atoms with Gasteiger partial charge < -0.3 is 19.3 Å². The molecule has 1 unspecified atom stereocenters. The second-order valence-electron chi connectivity index (χ2n) is 7.36. The van der Waals surface area contributed by atoms with Gasteiger partial charge in [-0.15, -0.1) is 0 Å². The van der Waals surface area contributed by atoms with Gasteiger partial charge in [0.2, 0.25) is 0 Å². The van der Waals surface area contributed by atoms with Crippen molar-refractivity contribution in [2.45, 2.75) is 38.5 Å². The molecule has 0 spiro atoms. The van der Waals surface area contributed by atoms with Crippen LogP contribution in [0.1, 0.15) is 38.5 Å². The highest BCUT2D eigenvalue weighted by Crippen LogP contribution is 2.29. The highest BCUT2D eigenvalue weighted by molar-refractivity contribution is 5.60. The smallest absolute Gasteiger partial charge is 0.129 e. The van der Waals surface area contributed by atoms with Gasteiger partial charge in [-0.25, -0.2) is 0 Å². The molecule has 0 radical (unpaired) electrons. The molecule has 120 valence electrons. The first-order valence-electron chi connectivity index (χ1n) is 8.78. The molecule has 0 aliphatic carbocycles. The third kappa shape index (κ3) is 4.05. The van der Waals surface area contributed by atoms with E-state index in [1.165, 1.54) is 51.6 Å². The molecule has 3 fully saturated rings. The molecule has 0 aromatic heterocycles. The predicted molar refractivity (Wildman–Crippen MR) is 83.4 cm³/mol. The molecule has 0 saturated carbocycles. The molecule has 0 N–H and O–H groups in total. The Balaban J connectivity index is 1.43.